The van der Waals surface area contributed by atoms with Gasteiger partial charge in [0, 0.05) is 44.2 Å². The molecule has 2 aromatic rings. The zero-order valence-corrected chi connectivity index (χ0v) is 16.8. The van der Waals surface area contributed by atoms with Gasteiger partial charge in [-0.1, -0.05) is 0 Å². The third-order valence-corrected chi connectivity index (χ3v) is 6.94. The maximum absolute atomic E-state index is 13.4. The van der Waals surface area contributed by atoms with E-state index in [1.807, 2.05) is 0 Å². The predicted octanol–water partition coefficient (Wildman–Crippen LogP) is 2.27. The number of sulfonamides is 1. The van der Waals surface area contributed by atoms with Gasteiger partial charge in [-0.2, -0.15) is 4.31 Å². The summed E-state index contributed by atoms with van der Waals surface area (Å²) in [7, 11) is -3.78. The SMILES string of the molecule is O=C(c1ccc(F)c(F)c1)N1CCN(S(=O)(=O)c2ccc3c(c2)OCCCO3)CC1. The number of halogens is 2. The van der Waals surface area contributed by atoms with Crippen LogP contribution < -0.4 is 9.47 Å². The molecule has 4 rings (SSSR count). The standard InChI is InChI=1S/C20H20F2N2O5S/c21-16-4-2-14(12-17(16)22)20(25)23-6-8-24(9-7-23)30(26,27)15-3-5-18-19(13-15)29-11-1-10-28-18/h2-5,12-13H,1,6-11H2. The maximum Gasteiger partial charge on any atom is 0.254 e. The van der Waals surface area contributed by atoms with Crippen LogP contribution in [-0.4, -0.2) is 62.9 Å². The van der Waals surface area contributed by atoms with Gasteiger partial charge in [0.15, 0.2) is 23.1 Å². The second-order valence-electron chi connectivity index (χ2n) is 6.98. The molecule has 0 radical (unpaired) electrons. The number of carbonyl (C=O) groups excluding carboxylic acids is 1. The number of piperazine rings is 1. The molecule has 2 heterocycles. The van der Waals surface area contributed by atoms with Crippen molar-refractivity contribution in [2.45, 2.75) is 11.3 Å². The van der Waals surface area contributed by atoms with E-state index >= 15 is 0 Å². The third-order valence-electron chi connectivity index (χ3n) is 5.05. The lowest BCUT2D eigenvalue weighted by molar-refractivity contribution is 0.0697. The smallest absolute Gasteiger partial charge is 0.254 e. The Kier molecular flexibility index (Phi) is 5.61. The number of ether oxygens (including phenoxy) is 2. The van der Waals surface area contributed by atoms with Crippen molar-refractivity contribution in [3.63, 3.8) is 0 Å². The molecule has 0 atom stereocenters. The molecule has 0 bridgehead atoms. The van der Waals surface area contributed by atoms with Crippen LogP contribution in [0.15, 0.2) is 41.3 Å². The number of rotatable bonds is 3. The molecule has 0 spiro atoms. The number of nitrogens with zero attached hydrogens (tertiary/aromatic N) is 2. The van der Waals surface area contributed by atoms with Crippen LogP contribution >= 0.6 is 0 Å². The molecule has 0 unspecified atom stereocenters. The van der Waals surface area contributed by atoms with Gasteiger partial charge >= 0.3 is 0 Å². The van der Waals surface area contributed by atoms with Gasteiger partial charge in [0.05, 0.1) is 18.1 Å². The lowest BCUT2D eigenvalue weighted by Gasteiger charge is -2.34. The van der Waals surface area contributed by atoms with Crippen molar-refractivity contribution >= 4 is 15.9 Å². The minimum absolute atomic E-state index is 0.0214. The third kappa shape index (κ3) is 3.97. The van der Waals surface area contributed by atoms with Crippen LogP contribution in [0.25, 0.3) is 0 Å². The average molecular weight is 438 g/mol. The van der Waals surface area contributed by atoms with Crippen molar-refractivity contribution in [3.05, 3.63) is 53.6 Å². The normalized spacial score (nSPS) is 17.5. The van der Waals surface area contributed by atoms with Crippen molar-refractivity contribution in [1.82, 2.24) is 9.21 Å². The van der Waals surface area contributed by atoms with Crippen LogP contribution in [0.1, 0.15) is 16.8 Å². The number of hydrogen-bond acceptors (Lipinski definition) is 5. The van der Waals surface area contributed by atoms with Crippen LogP contribution in [-0.2, 0) is 10.0 Å². The quantitative estimate of drug-likeness (QED) is 0.735. The van der Waals surface area contributed by atoms with Crippen LogP contribution in [0.2, 0.25) is 0 Å². The summed E-state index contributed by atoms with van der Waals surface area (Å²) in [6.07, 6.45) is 0.713. The highest BCUT2D eigenvalue weighted by Crippen LogP contribution is 2.33. The summed E-state index contributed by atoms with van der Waals surface area (Å²) < 4.78 is 64.9. The van der Waals surface area contributed by atoms with E-state index in [9.17, 15) is 22.0 Å². The lowest BCUT2D eigenvalue weighted by atomic mass is 10.1. The monoisotopic (exact) mass is 438 g/mol. The van der Waals surface area contributed by atoms with Crippen molar-refractivity contribution in [1.29, 1.82) is 0 Å². The molecular formula is C20H20F2N2O5S. The Labute approximate surface area is 172 Å². The van der Waals surface area contributed by atoms with E-state index < -0.39 is 27.6 Å². The summed E-state index contributed by atoms with van der Waals surface area (Å²) in [6.45, 7) is 1.41. The fraction of sp³-hybridized carbons (Fsp3) is 0.350. The Morgan fingerprint density at radius 3 is 2.27 bits per heavy atom. The molecule has 30 heavy (non-hydrogen) atoms. The molecule has 1 saturated heterocycles. The van der Waals surface area contributed by atoms with Gasteiger partial charge in [0.25, 0.3) is 5.91 Å². The van der Waals surface area contributed by atoms with E-state index in [1.54, 1.807) is 6.07 Å². The molecule has 0 aromatic heterocycles. The molecule has 0 N–H and O–H groups in total. The highest BCUT2D eigenvalue weighted by atomic mass is 32.2. The summed E-state index contributed by atoms with van der Waals surface area (Å²) in [5.74, 6) is -1.70. The molecule has 1 amide bonds. The highest BCUT2D eigenvalue weighted by Gasteiger charge is 2.31. The van der Waals surface area contributed by atoms with Gasteiger partial charge in [0.2, 0.25) is 10.0 Å². The molecule has 10 heteroatoms. The number of hydrogen-bond donors (Lipinski definition) is 0. The first-order chi connectivity index (χ1) is 14.4. The first-order valence-corrected chi connectivity index (χ1v) is 10.9. The lowest BCUT2D eigenvalue weighted by Crippen LogP contribution is -2.50. The molecular weight excluding hydrogens is 418 g/mol. The number of fused-ring (bicyclic) bond motifs is 1. The second-order valence-corrected chi connectivity index (χ2v) is 8.92. The molecule has 2 aromatic carbocycles. The van der Waals surface area contributed by atoms with Gasteiger partial charge in [-0.25, -0.2) is 17.2 Å². The summed E-state index contributed by atoms with van der Waals surface area (Å²) in [5.41, 5.74) is 0.0214. The number of carbonyl (C=O) groups is 1. The van der Waals surface area contributed by atoms with Crippen LogP contribution in [0.4, 0.5) is 8.78 Å². The van der Waals surface area contributed by atoms with E-state index in [0.29, 0.717) is 31.1 Å². The van der Waals surface area contributed by atoms with Gasteiger partial charge in [0.1, 0.15) is 0 Å². The number of amides is 1. The summed E-state index contributed by atoms with van der Waals surface area (Å²) >= 11 is 0. The van der Waals surface area contributed by atoms with Crippen LogP contribution in [0.3, 0.4) is 0 Å². The van der Waals surface area contributed by atoms with Gasteiger partial charge in [-0.3, -0.25) is 4.79 Å². The molecule has 2 aliphatic heterocycles. The summed E-state index contributed by atoms with van der Waals surface area (Å²) in [5, 5.41) is 0. The Bertz CT molecular complexity index is 1070. The van der Waals surface area contributed by atoms with Crippen molar-refractivity contribution in [3.8, 4) is 11.5 Å². The van der Waals surface area contributed by atoms with Gasteiger partial charge in [-0.05, 0) is 30.3 Å². The zero-order valence-electron chi connectivity index (χ0n) is 16.0. The second kappa shape index (κ2) is 8.19. The Balaban J connectivity index is 1.46. The van der Waals surface area contributed by atoms with Crippen molar-refractivity contribution < 1.29 is 31.5 Å². The minimum atomic E-state index is -3.78. The molecule has 0 saturated carbocycles. The first-order valence-electron chi connectivity index (χ1n) is 9.50. The maximum atomic E-state index is 13.4. The molecule has 7 nitrogen and oxygen atoms in total. The summed E-state index contributed by atoms with van der Waals surface area (Å²) in [6, 6.07) is 7.46. The first kappa shape index (κ1) is 20.5. The predicted molar refractivity (Wildman–Crippen MR) is 103 cm³/mol. The average Bonchev–Trinajstić information content (AvgIpc) is 3.00. The topological polar surface area (TPSA) is 76.2 Å². The number of benzene rings is 2. The summed E-state index contributed by atoms with van der Waals surface area (Å²) in [4.78, 5) is 14.0. The largest absolute Gasteiger partial charge is 0.490 e. The van der Waals surface area contributed by atoms with Gasteiger partial charge in [-0.15, -0.1) is 0 Å². The van der Waals surface area contributed by atoms with Crippen molar-refractivity contribution in [2.75, 3.05) is 39.4 Å². The van der Waals surface area contributed by atoms with Crippen molar-refractivity contribution in [2.24, 2.45) is 0 Å². The van der Waals surface area contributed by atoms with E-state index in [-0.39, 0.29) is 36.6 Å². The Hall–Kier alpha value is -2.72. The van der Waals surface area contributed by atoms with Gasteiger partial charge < -0.3 is 14.4 Å². The Morgan fingerprint density at radius 2 is 1.57 bits per heavy atom. The molecule has 1 fully saturated rings. The fourth-order valence-electron chi connectivity index (χ4n) is 3.40. The van der Waals surface area contributed by atoms with E-state index in [1.165, 1.54) is 27.4 Å². The molecule has 160 valence electrons. The van der Waals surface area contributed by atoms with E-state index in [0.717, 1.165) is 12.1 Å². The minimum Gasteiger partial charge on any atom is -0.490 e. The fourth-order valence-corrected chi connectivity index (χ4v) is 4.83. The Morgan fingerprint density at radius 1 is 0.867 bits per heavy atom. The van der Waals surface area contributed by atoms with E-state index in [4.69, 9.17) is 9.47 Å². The van der Waals surface area contributed by atoms with Crippen LogP contribution in [0.5, 0.6) is 11.5 Å². The zero-order chi connectivity index (χ0) is 21.3. The highest BCUT2D eigenvalue weighted by molar-refractivity contribution is 7.89. The van der Waals surface area contributed by atoms with E-state index in [2.05, 4.69) is 0 Å². The van der Waals surface area contributed by atoms with Crippen LogP contribution in [0, 0.1) is 11.6 Å². The molecule has 2 aliphatic rings. The molecule has 0 aliphatic carbocycles.